The molecule has 4 nitrogen and oxygen atoms in total. The number of nitrogens with zero attached hydrogens (tertiary/aromatic N) is 2. The fourth-order valence-electron chi connectivity index (χ4n) is 1.69. The first kappa shape index (κ1) is 10.4. The first-order valence-corrected chi connectivity index (χ1v) is 5.04. The Kier molecular flexibility index (Phi) is 2.48. The molecule has 1 aromatic heterocycles. The Balaban J connectivity index is 2.60. The van der Waals surface area contributed by atoms with Crippen molar-refractivity contribution in [2.24, 2.45) is 0 Å². The molecule has 0 radical (unpaired) electrons. The fraction of sp³-hybridized carbons (Fsp3) is 0.167. The predicted octanol–water partition coefficient (Wildman–Crippen LogP) is 1.92. The van der Waals surface area contributed by atoms with Crippen molar-refractivity contribution in [3.63, 3.8) is 0 Å². The SMILES string of the molecule is Cc1ccc(-c2c(C)nc(N)nc2N)cc1. The summed E-state index contributed by atoms with van der Waals surface area (Å²) in [6.45, 7) is 3.92. The monoisotopic (exact) mass is 214 g/mol. The molecule has 16 heavy (non-hydrogen) atoms. The van der Waals surface area contributed by atoms with E-state index in [1.807, 2.05) is 38.1 Å². The summed E-state index contributed by atoms with van der Waals surface area (Å²) in [5.41, 5.74) is 15.3. The van der Waals surface area contributed by atoms with Crippen LogP contribution in [0.5, 0.6) is 0 Å². The van der Waals surface area contributed by atoms with Crippen LogP contribution in [0, 0.1) is 13.8 Å². The van der Waals surface area contributed by atoms with Crippen molar-refractivity contribution in [2.75, 3.05) is 11.5 Å². The Morgan fingerprint density at radius 3 is 2.12 bits per heavy atom. The summed E-state index contributed by atoms with van der Waals surface area (Å²) in [7, 11) is 0. The van der Waals surface area contributed by atoms with Crippen molar-refractivity contribution >= 4 is 11.8 Å². The van der Waals surface area contributed by atoms with Crippen LogP contribution in [0.2, 0.25) is 0 Å². The molecule has 2 aromatic rings. The molecule has 0 saturated heterocycles. The molecule has 0 amide bonds. The second kappa shape index (κ2) is 3.81. The van der Waals surface area contributed by atoms with Gasteiger partial charge in [0.05, 0.1) is 5.69 Å². The van der Waals surface area contributed by atoms with Gasteiger partial charge in [0.1, 0.15) is 5.82 Å². The van der Waals surface area contributed by atoms with Crippen LogP contribution in [0.1, 0.15) is 11.3 Å². The van der Waals surface area contributed by atoms with Gasteiger partial charge < -0.3 is 11.5 Å². The molecule has 0 spiro atoms. The van der Waals surface area contributed by atoms with E-state index < -0.39 is 0 Å². The number of hydrogen-bond acceptors (Lipinski definition) is 4. The van der Waals surface area contributed by atoms with Crippen LogP contribution in [0.15, 0.2) is 24.3 Å². The topological polar surface area (TPSA) is 77.8 Å². The molecular weight excluding hydrogens is 200 g/mol. The molecular formula is C12H14N4. The van der Waals surface area contributed by atoms with Gasteiger partial charge in [0.25, 0.3) is 0 Å². The zero-order valence-electron chi connectivity index (χ0n) is 9.36. The summed E-state index contributed by atoms with van der Waals surface area (Å²) in [6.07, 6.45) is 0. The van der Waals surface area contributed by atoms with E-state index in [1.165, 1.54) is 5.56 Å². The summed E-state index contributed by atoms with van der Waals surface area (Å²) in [4.78, 5) is 8.10. The molecule has 0 aliphatic carbocycles. The maximum absolute atomic E-state index is 5.86. The van der Waals surface area contributed by atoms with Gasteiger partial charge in [-0.1, -0.05) is 29.8 Å². The summed E-state index contributed by atoms with van der Waals surface area (Å²) >= 11 is 0. The van der Waals surface area contributed by atoms with E-state index in [0.717, 1.165) is 16.8 Å². The van der Waals surface area contributed by atoms with Crippen LogP contribution in [-0.4, -0.2) is 9.97 Å². The Morgan fingerprint density at radius 1 is 0.938 bits per heavy atom. The molecule has 4 heteroatoms. The smallest absolute Gasteiger partial charge is 0.222 e. The largest absolute Gasteiger partial charge is 0.383 e. The van der Waals surface area contributed by atoms with Gasteiger partial charge in [0.2, 0.25) is 5.95 Å². The van der Waals surface area contributed by atoms with Gasteiger partial charge in [-0.25, -0.2) is 4.98 Å². The summed E-state index contributed by atoms with van der Waals surface area (Å²) in [6, 6.07) is 8.08. The van der Waals surface area contributed by atoms with E-state index in [9.17, 15) is 0 Å². The molecule has 2 rings (SSSR count). The Hall–Kier alpha value is -2.10. The number of aryl methyl sites for hydroxylation is 2. The Morgan fingerprint density at radius 2 is 1.56 bits per heavy atom. The summed E-state index contributed by atoms with van der Waals surface area (Å²) in [5.74, 6) is 0.639. The normalized spacial score (nSPS) is 10.4. The number of nitrogen functional groups attached to an aromatic ring is 2. The average molecular weight is 214 g/mol. The van der Waals surface area contributed by atoms with Gasteiger partial charge in [0, 0.05) is 5.56 Å². The highest BCUT2D eigenvalue weighted by Crippen LogP contribution is 2.27. The lowest BCUT2D eigenvalue weighted by Crippen LogP contribution is -2.04. The average Bonchev–Trinajstić information content (AvgIpc) is 2.19. The van der Waals surface area contributed by atoms with Crippen molar-refractivity contribution in [3.8, 4) is 11.1 Å². The molecule has 0 aliphatic heterocycles. The molecule has 4 N–H and O–H groups in total. The van der Waals surface area contributed by atoms with Gasteiger partial charge >= 0.3 is 0 Å². The van der Waals surface area contributed by atoms with Crippen LogP contribution in [0.3, 0.4) is 0 Å². The molecule has 0 bridgehead atoms. The lowest BCUT2D eigenvalue weighted by atomic mass is 10.0. The third-order valence-electron chi connectivity index (χ3n) is 2.48. The van der Waals surface area contributed by atoms with Crippen LogP contribution in [-0.2, 0) is 0 Å². The van der Waals surface area contributed by atoms with Crippen LogP contribution in [0.4, 0.5) is 11.8 Å². The highest BCUT2D eigenvalue weighted by atomic mass is 15.0. The van der Waals surface area contributed by atoms with E-state index in [0.29, 0.717) is 5.82 Å². The molecule has 0 saturated carbocycles. The molecule has 0 atom stereocenters. The number of benzene rings is 1. The second-order valence-electron chi connectivity index (χ2n) is 3.79. The zero-order valence-corrected chi connectivity index (χ0v) is 9.36. The van der Waals surface area contributed by atoms with Gasteiger partial charge in [-0.2, -0.15) is 4.98 Å². The quantitative estimate of drug-likeness (QED) is 0.760. The Labute approximate surface area is 94.3 Å². The maximum atomic E-state index is 5.86. The van der Waals surface area contributed by atoms with Crippen LogP contribution >= 0.6 is 0 Å². The maximum Gasteiger partial charge on any atom is 0.222 e. The first-order chi connectivity index (χ1) is 7.58. The third kappa shape index (κ3) is 1.82. The van der Waals surface area contributed by atoms with Gasteiger partial charge in [-0.15, -0.1) is 0 Å². The fourth-order valence-corrected chi connectivity index (χ4v) is 1.69. The first-order valence-electron chi connectivity index (χ1n) is 5.04. The van der Waals surface area contributed by atoms with Crippen LogP contribution < -0.4 is 11.5 Å². The second-order valence-corrected chi connectivity index (χ2v) is 3.79. The minimum Gasteiger partial charge on any atom is -0.383 e. The zero-order chi connectivity index (χ0) is 11.7. The minimum atomic E-state index is 0.214. The van der Waals surface area contributed by atoms with E-state index in [4.69, 9.17) is 11.5 Å². The van der Waals surface area contributed by atoms with Crippen molar-refractivity contribution < 1.29 is 0 Å². The van der Waals surface area contributed by atoms with Crippen molar-refractivity contribution in [1.82, 2.24) is 9.97 Å². The molecule has 1 aromatic carbocycles. The Bertz CT molecular complexity index is 494. The predicted molar refractivity (Wildman–Crippen MR) is 65.8 cm³/mol. The summed E-state index contributed by atoms with van der Waals surface area (Å²) < 4.78 is 0. The number of hydrogen-bond donors (Lipinski definition) is 2. The van der Waals surface area contributed by atoms with E-state index in [2.05, 4.69) is 9.97 Å². The number of aromatic nitrogens is 2. The summed E-state index contributed by atoms with van der Waals surface area (Å²) in [5, 5.41) is 0. The van der Waals surface area contributed by atoms with Crippen LogP contribution in [0.25, 0.3) is 11.1 Å². The number of nitrogens with two attached hydrogens (primary N) is 2. The number of rotatable bonds is 1. The van der Waals surface area contributed by atoms with E-state index >= 15 is 0 Å². The van der Waals surface area contributed by atoms with Crippen molar-refractivity contribution in [3.05, 3.63) is 35.5 Å². The minimum absolute atomic E-state index is 0.214. The highest BCUT2D eigenvalue weighted by Gasteiger charge is 2.09. The van der Waals surface area contributed by atoms with E-state index in [1.54, 1.807) is 0 Å². The molecule has 82 valence electrons. The lowest BCUT2D eigenvalue weighted by Gasteiger charge is -2.09. The van der Waals surface area contributed by atoms with Crippen molar-refractivity contribution in [1.29, 1.82) is 0 Å². The molecule has 0 fully saturated rings. The highest BCUT2D eigenvalue weighted by molar-refractivity contribution is 5.76. The van der Waals surface area contributed by atoms with Gasteiger partial charge in [0.15, 0.2) is 0 Å². The van der Waals surface area contributed by atoms with Gasteiger partial charge in [-0.05, 0) is 19.4 Å². The molecule has 0 unspecified atom stereocenters. The standard InChI is InChI=1S/C12H14N4/c1-7-3-5-9(6-4-7)10-8(2)15-12(14)16-11(10)13/h3-6H,1-2H3,(H4,13,14,15,16). The van der Waals surface area contributed by atoms with Crippen molar-refractivity contribution in [2.45, 2.75) is 13.8 Å². The lowest BCUT2D eigenvalue weighted by molar-refractivity contribution is 1.13. The third-order valence-corrected chi connectivity index (χ3v) is 2.48. The van der Waals surface area contributed by atoms with Gasteiger partial charge in [-0.3, -0.25) is 0 Å². The number of anilines is 2. The van der Waals surface area contributed by atoms with E-state index in [-0.39, 0.29) is 5.95 Å². The molecule has 0 aliphatic rings. The molecule has 1 heterocycles.